The predicted molar refractivity (Wildman–Crippen MR) is 85.7 cm³/mol. The van der Waals surface area contributed by atoms with Gasteiger partial charge in [0.25, 0.3) is 0 Å². The molecule has 4 rings (SSSR count). The van der Waals surface area contributed by atoms with Gasteiger partial charge in [-0.3, -0.25) is 0 Å². The number of benzene rings is 1. The standard InChI is InChI=1S/C17H15N4O2.Ir/c1-11-16(13-10-12(22-3)4-5-15(13)20(11)2)21-8-7-18-17(21)14-6-9-23-19-14;/h4-5,7-10H,1-3H3;/q-1;. The van der Waals surface area contributed by atoms with Gasteiger partial charge in [0.15, 0.2) is 0 Å². The molecule has 0 bridgehead atoms. The first-order valence-electron chi connectivity index (χ1n) is 7.20. The molecule has 7 heteroatoms. The molecule has 3 heterocycles. The van der Waals surface area contributed by atoms with Crippen molar-refractivity contribution in [3.8, 4) is 23.0 Å². The van der Waals surface area contributed by atoms with Crippen LogP contribution in [0.2, 0.25) is 0 Å². The van der Waals surface area contributed by atoms with E-state index in [1.807, 2.05) is 29.9 Å². The summed E-state index contributed by atoms with van der Waals surface area (Å²) >= 11 is 0. The van der Waals surface area contributed by atoms with Gasteiger partial charge in [-0.05, 0) is 30.8 Å². The summed E-state index contributed by atoms with van der Waals surface area (Å²) in [6, 6.07) is 9.01. The number of ether oxygens (including phenoxy) is 1. The number of hydrogen-bond donors (Lipinski definition) is 0. The minimum atomic E-state index is 0. The normalized spacial score (nSPS) is 10.8. The number of methoxy groups -OCH3 is 1. The second-order valence-corrected chi connectivity index (χ2v) is 5.30. The Bertz CT molecular complexity index is 986. The van der Waals surface area contributed by atoms with Crippen molar-refractivity contribution in [3.63, 3.8) is 0 Å². The molecule has 0 N–H and O–H groups in total. The summed E-state index contributed by atoms with van der Waals surface area (Å²) < 4.78 is 14.4. The van der Waals surface area contributed by atoms with Gasteiger partial charge in [-0.2, -0.15) is 6.07 Å². The van der Waals surface area contributed by atoms with Crippen molar-refractivity contribution in [2.45, 2.75) is 6.92 Å². The average Bonchev–Trinajstić information content (AvgIpc) is 3.28. The first-order chi connectivity index (χ1) is 11.2. The minimum Gasteiger partial charge on any atom is -0.497 e. The van der Waals surface area contributed by atoms with E-state index in [0.717, 1.165) is 28.0 Å². The third-order valence-electron chi connectivity index (χ3n) is 4.15. The molecule has 0 spiro atoms. The molecule has 1 aromatic carbocycles. The van der Waals surface area contributed by atoms with Crippen LogP contribution in [-0.2, 0) is 27.2 Å². The number of rotatable bonds is 3. The van der Waals surface area contributed by atoms with Crippen molar-refractivity contribution in [2.75, 3.05) is 7.11 Å². The number of fused-ring (bicyclic) bond motifs is 1. The summed E-state index contributed by atoms with van der Waals surface area (Å²) in [5.41, 5.74) is 3.87. The van der Waals surface area contributed by atoms with Gasteiger partial charge in [-0.25, -0.2) is 0 Å². The number of nitrogens with zero attached hydrogens (tertiary/aromatic N) is 4. The summed E-state index contributed by atoms with van der Waals surface area (Å²) in [6.07, 6.45) is 5.09. The van der Waals surface area contributed by atoms with Gasteiger partial charge >= 0.3 is 0 Å². The van der Waals surface area contributed by atoms with E-state index in [0.29, 0.717) is 11.5 Å². The van der Waals surface area contributed by atoms with Gasteiger partial charge in [0.05, 0.1) is 18.3 Å². The molecule has 0 aliphatic rings. The predicted octanol–water partition coefficient (Wildman–Crippen LogP) is 3.13. The molecule has 24 heavy (non-hydrogen) atoms. The maximum Gasteiger partial charge on any atom is 0.119 e. The fourth-order valence-electron chi connectivity index (χ4n) is 2.91. The molecule has 0 saturated carbocycles. The minimum absolute atomic E-state index is 0. The van der Waals surface area contributed by atoms with E-state index in [1.54, 1.807) is 13.3 Å². The molecule has 1 radical (unpaired) electrons. The van der Waals surface area contributed by atoms with E-state index in [9.17, 15) is 0 Å². The van der Waals surface area contributed by atoms with Gasteiger partial charge in [0, 0.05) is 62.7 Å². The Balaban J connectivity index is 0.00000169. The molecule has 3 aromatic heterocycles. The van der Waals surface area contributed by atoms with Gasteiger partial charge in [0.1, 0.15) is 5.75 Å². The van der Waals surface area contributed by atoms with Crippen LogP contribution in [0.4, 0.5) is 0 Å². The van der Waals surface area contributed by atoms with Crippen LogP contribution in [0.3, 0.4) is 0 Å². The Hall–Kier alpha value is -2.37. The van der Waals surface area contributed by atoms with Gasteiger partial charge in [0.2, 0.25) is 0 Å². The second kappa shape index (κ2) is 6.26. The smallest absolute Gasteiger partial charge is 0.119 e. The van der Waals surface area contributed by atoms with Crippen molar-refractivity contribution in [3.05, 3.63) is 48.6 Å². The fourth-order valence-corrected chi connectivity index (χ4v) is 2.91. The zero-order chi connectivity index (χ0) is 16.0. The first kappa shape index (κ1) is 16.5. The van der Waals surface area contributed by atoms with Crippen LogP contribution >= 0.6 is 0 Å². The zero-order valence-electron chi connectivity index (χ0n) is 13.4. The van der Waals surface area contributed by atoms with Crippen LogP contribution in [0.25, 0.3) is 28.1 Å². The largest absolute Gasteiger partial charge is 0.497 e. The van der Waals surface area contributed by atoms with Crippen molar-refractivity contribution in [2.24, 2.45) is 7.05 Å². The van der Waals surface area contributed by atoms with E-state index in [2.05, 4.69) is 33.8 Å². The molecule has 0 atom stereocenters. The summed E-state index contributed by atoms with van der Waals surface area (Å²) in [5.74, 6) is 1.51. The number of aryl methyl sites for hydroxylation is 1. The van der Waals surface area contributed by atoms with Crippen molar-refractivity contribution >= 4 is 10.9 Å². The molecule has 0 aliphatic heterocycles. The molecule has 125 valence electrons. The van der Waals surface area contributed by atoms with Crippen LogP contribution in [0.15, 0.2) is 41.4 Å². The molecular weight excluding hydrogens is 484 g/mol. The summed E-state index contributed by atoms with van der Waals surface area (Å²) in [6.45, 7) is 2.08. The molecule has 6 nitrogen and oxygen atoms in total. The van der Waals surface area contributed by atoms with Crippen LogP contribution < -0.4 is 4.74 Å². The first-order valence-corrected chi connectivity index (χ1v) is 7.20. The molecule has 0 amide bonds. The van der Waals surface area contributed by atoms with Crippen LogP contribution in [0.1, 0.15) is 5.69 Å². The molecule has 0 unspecified atom stereocenters. The van der Waals surface area contributed by atoms with Crippen molar-refractivity contribution in [1.82, 2.24) is 19.3 Å². The van der Waals surface area contributed by atoms with Crippen LogP contribution in [-0.4, -0.2) is 26.4 Å². The Morgan fingerprint density at radius 2 is 2.12 bits per heavy atom. The maximum atomic E-state index is 5.38. The topological polar surface area (TPSA) is 58.0 Å². The van der Waals surface area contributed by atoms with Gasteiger partial charge in [-0.1, -0.05) is 0 Å². The van der Waals surface area contributed by atoms with Gasteiger partial charge in [-0.15, -0.1) is 5.16 Å². The van der Waals surface area contributed by atoms with Gasteiger partial charge < -0.3 is 23.4 Å². The quantitative estimate of drug-likeness (QED) is 0.407. The molecule has 0 fully saturated rings. The Kier molecular flexibility index (Phi) is 4.30. The Morgan fingerprint density at radius 3 is 2.83 bits per heavy atom. The Morgan fingerprint density at radius 1 is 1.29 bits per heavy atom. The van der Waals surface area contributed by atoms with Crippen LogP contribution in [0.5, 0.6) is 5.75 Å². The van der Waals surface area contributed by atoms with Crippen LogP contribution in [0, 0.1) is 13.0 Å². The molecular formula is C17H15IrN4O2-. The molecule has 0 aliphatic carbocycles. The Labute approximate surface area is 152 Å². The second-order valence-electron chi connectivity index (χ2n) is 5.30. The molecule has 4 aromatic rings. The van der Waals surface area contributed by atoms with Crippen molar-refractivity contribution < 1.29 is 29.4 Å². The fraction of sp³-hybridized carbons (Fsp3) is 0.176. The summed E-state index contributed by atoms with van der Waals surface area (Å²) in [4.78, 5) is 4.40. The SMILES string of the molecule is COc1ccc2c(c1)c(-n1ccnc1-c1[c-]con1)c(C)n2C.[Ir]. The average molecular weight is 500 g/mol. The summed E-state index contributed by atoms with van der Waals surface area (Å²) in [5, 5.41) is 5.04. The molecule has 0 saturated heterocycles. The van der Waals surface area contributed by atoms with E-state index in [-0.39, 0.29) is 20.1 Å². The monoisotopic (exact) mass is 500 g/mol. The van der Waals surface area contributed by atoms with E-state index < -0.39 is 0 Å². The van der Waals surface area contributed by atoms with E-state index in [1.165, 1.54) is 6.26 Å². The van der Waals surface area contributed by atoms with Crippen molar-refractivity contribution in [1.29, 1.82) is 0 Å². The number of imidazole rings is 1. The maximum absolute atomic E-state index is 5.38. The van der Waals surface area contributed by atoms with E-state index in [4.69, 9.17) is 9.26 Å². The third kappa shape index (κ3) is 2.37. The zero-order valence-corrected chi connectivity index (χ0v) is 15.8. The summed E-state index contributed by atoms with van der Waals surface area (Å²) in [7, 11) is 3.72. The number of hydrogen-bond acceptors (Lipinski definition) is 4. The third-order valence-corrected chi connectivity index (χ3v) is 4.15. The number of aromatic nitrogens is 4. The van der Waals surface area contributed by atoms with E-state index >= 15 is 0 Å².